The Bertz CT molecular complexity index is 790. The molecule has 0 unspecified atom stereocenters. The van der Waals surface area contributed by atoms with Gasteiger partial charge in [0, 0.05) is 6.04 Å². The Morgan fingerprint density at radius 3 is 2.09 bits per heavy atom. The maximum atomic E-state index is 12.8. The molecular weight excluding hydrogens is 310 g/mol. The van der Waals surface area contributed by atoms with Crippen molar-refractivity contribution in [3.8, 4) is 5.75 Å². The van der Waals surface area contributed by atoms with Crippen molar-refractivity contribution in [2.75, 3.05) is 7.11 Å². The molecule has 4 nitrogen and oxygen atoms in total. The van der Waals surface area contributed by atoms with Crippen LogP contribution in [-0.4, -0.2) is 15.5 Å². The first kappa shape index (κ1) is 17.5. The van der Waals surface area contributed by atoms with Crippen molar-refractivity contribution in [3.05, 3.63) is 58.7 Å². The van der Waals surface area contributed by atoms with Crippen LogP contribution in [0.5, 0.6) is 5.75 Å². The summed E-state index contributed by atoms with van der Waals surface area (Å²) in [5.41, 5.74) is 3.38. The fourth-order valence-corrected chi connectivity index (χ4v) is 4.56. The van der Waals surface area contributed by atoms with E-state index in [4.69, 9.17) is 4.74 Å². The normalized spacial score (nSPS) is 12.9. The van der Waals surface area contributed by atoms with Crippen LogP contribution in [-0.2, 0) is 10.0 Å². The van der Waals surface area contributed by atoms with Gasteiger partial charge in [-0.1, -0.05) is 24.3 Å². The van der Waals surface area contributed by atoms with Gasteiger partial charge in [0.1, 0.15) is 5.75 Å². The molecule has 124 valence electrons. The van der Waals surface area contributed by atoms with Gasteiger partial charge in [-0.25, -0.2) is 13.1 Å². The molecule has 0 fully saturated rings. The first-order valence-electron chi connectivity index (χ1n) is 7.49. The fourth-order valence-electron chi connectivity index (χ4n) is 2.88. The second-order valence-electron chi connectivity index (χ2n) is 5.79. The Morgan fingerprint density at radius 1 is 1.00 bits per heavy atom. The van der Waals surface area contributed by atoms with E-state index < -0.39 is 10.0 Å². The van der Waals surface area contributed by atoms with Gasteiger partial charge in [-0.05, 0) is 62.1 Å². The maximum absolute atomic E-state index is 12.8. The van der Waals surface area contributed by atoms with Gasteiger partial charge in [0.05, 0.1) is 12.0 Å². The third-order valence-electron chi connectivity index (χ3n) is 3.93. The molecule has 0 heterocycles. The second kappa shape index (κ2) is 6.72. The van der Waals surface area contributed by atoms with E-state index in [1.54, 1.807) is 33.1 Å². The lowest BCUT2D eigenvalue weighted by atomic mass is 10.0. The highest BCUT2D eigenvalue weighted by Gasteiger charge is 2.23. The summed E-state index contributed by atoms with van der Waals surface area (Å²) in [4.78, 5) is 0.318. The van der Waals surface area contributed by atoms with Gasteiger partial charge in [-0.3, -0.25) is 0 Å². The van der Waals surface area contributed by atoms with Gasteiger partial charge >= 0.3 is 0 Å². The van der Waals surface area contributed by atoms with Crippen molar-refractivity contribution in [2.45, 2.75) is 38.6 Å². The number of sulfonamides is 1. The van der Waals surface area contributed by atoms with E-state index in [0.29, 0.717) is 21.8 Å². The molecule has 23 heavy (non-hydrogen) atoms. The van der Waals surface area contributed by atoms with Crippen molar-refractivity contribution in [1.82, 2.24) is 4.72 Å². The molecular formula is C18H23NO3S. The first-order valence-corrected chi connectivity index (χ1v) is 8.97. The molecule has 0 saturated heterocycles. The van der Waals surface area contributed by atoms with Crippen molar-refractivity contribution < 1.29 is 13.2 Å². The zero-order valence-corrected chi connectivity index (χ0v) is 15.0. The lowest BCUT2D eigenvalue weighted by Gasteiger charge is -2.19. The zero-order chi connectivity index (χ0) is 17.2. The Balaban J connectivity index is 2.38. The molecule has 0 aromatic heterocycles. The van der Waals surface area contributed by atoms with Crippen LogP contribution in [0.25, 0.3) is 0 Å². The van der Waals surface area contributed by atoms with Crippen LogP contribution in [0.4, 0.5) is 0 Å². The number of aryl methyl sites for hydroxylation is 3. The highest BCUT2D eigenvalue weighted by Crippen LogP contribution is 2.27. The number of hydrogen-bond donors (Lipinski definition) is 1. The summed E-state index contributed by atoms with van der Waals surface area (Å²) < 4.78 is 33.6. The third kappa shape index (κ3) is 3.74. The van der Waals surface area contributed by atoms with Crippen LogP contribution in [0.3, 0.4) is 0 Å². The molecule has 0 spiro atoms. The second-order valence-corrected chi connectivity index (χ2v) is 7.44. The van der Waals surface area contributed by atoms with Crippen molar-refractivity contribution in [3.63, 3.8) is 0 Å². The van der Waals surface area contributed by atoms with Crippen LogP contribution in [0.15, 0.2) is 41.3 Å². The molecule has 2 aromatic carbocycles. The molecule has 0 aliphatic carbocycles. The Morgan fingerprint density at radius 2 is 1.57 bits per heavy atom. The predicted octanol–water partition coefficient (Wildman–Crippen LogP) is 3.66. The van der Waals surface area contributed by atoms with Gasteiger partial charge in [0.15, 0.2) is 0 Å². The smallest absolute Gasteiger partial charge is 0.241 e. The number of ether oxygens (including phenoxy) is 1. The standard InChI is InChI=1S/C18H23NO3S/c1-12-8-6-7-9-17(12)15(4)19-23(20,21)18-13(2)10-16(22-5)11-14(18)3/h6-11,15,19H,1-5H3/t15-/m0/s1. The van der Waals surface area contributed by atoms with Crippen LogP contribution in [0, 0.1) is 20.8 Å². The average molecular weight is 333 g/mol. The third-order valence-corrected chi connectivity index (χ3v) is 5.77. The minimum absolute atomic E-state index is 0.304. The highest BCUT2D eigenvalue weighted by molar-refractivity contribution is 7.89. The number of nitrogens with one attached hydrogen (secondary N) is 1. The molecule has 2 aromatic rings. The fraction of sp³-hybridized carbons (Fsp3) is 0.333. The number of hydrogen-bond acceptors (Lipinski definition) is 3. The van der Waals surface area contributed by atoms with Crippen molar-refractivity contribution >= 4 is 10.0 Å². The number of methoxy groups -OCH3 is 1. The number of benzene rings is 2. The molecule has 1 N–H and O–H groups in total. The Kier molecular flexibility index (Phi) is 5.12. The zero-order valence-electron chi connectivity index (χ0n) is 14.2. The Hall–Kier alpha value is -1.85. The molecule has 0 amide bonds. The molecule has 0 bridgehead atoms. The van der Waals surface area contributed by atoms with Crippen molar-refractivity contribution in [2.24, 2.45) is 0 Å². The van der Waals surface area contributed by atoms with Crippen LogP contribution in [0.1, 0.15) is 35.2 Å². The van der Waals surface area contributed by atoms with E-state index in [-0.39, 0.29) is 6.04 Å². The summed E-state index contributed by atoms with van der Waals surface area (Å²) >= 11 is 0. The molecule has 0 aliphatic heterocycles. The Labute approximate surface area is 138 Å². The van der Waals surface area contributed by atoms with Crippen LogP contribution in [0.2, 0.25) is 0 Å². The van der Waals surface area contributed by atoms with Gasteiger partial charge in [-0.2, -0.15) is 0 Å². The summed E-state index contributed by atoms with van der Waals surface area (Å²) in [6.45, 7) is 7.39. The van der Waals surface area contributed by atoms with Gasteiger partial charge in [0.2, 0.25) is 10.0 Å². The van der Waals surface area contributed by atoms with Crippen LogP contribution < -0.4 is 9.46 Å². The summed E-state index contributed by atoms with van der Waals surface area (Å²) in [6.07, 6.45) is 0. The number of rotatable bonds is 5. The van der Waals surface area contributed by atoms with E-state index in [9.17, 15) is 8.42 Å². The van der Waals surface area contributed by atoms with Crippen molar-refractivity contribution in [1.29, 1.82) is 0 Å². The van der Waals surface area contributed by atoms with Crippen LogP contribution >= 0.6 is 0 Å². The predicted molar refractivity (Wildman–Crippen MR) is 92.4 cm³/mol. The average Bonchev–Trinajstić information content (AvgIpc) is 2.45. The summed E-state index contributed by atoms with van der Waals surface area (Å²) in [6, 6.07) is 10.9. The molecule has 0 aliphatic rings. The summed E-state index contributed by atoms with van der Waals surface area (Å²) in [7, 11) is -2.05. The van der Waals surface area contributed by atoms with E-state index in [2.05, 4.69) is 4.72 Å². The molecule has 2 rings (SSSR count). The van der Waals surface area contributed by atoms with E-state index in [1.165, 1.54) is 0 Å². The van der Waals surface area contributed by atoms with E-state index >= 15 is 0 Å². The maximum Gasteiger partial charge on any atom is 0.241 e. The highest BCUT2D eigenvalue weighted by atomic mass is 32.2. The lowest BCUT2D eigenvalue weighted by Crippen LogP contribution is -2.28. The van der Waals surface area contributed by atoms with E-state index in [1.807, 2.05) is 38.1 Å². The SMILES string of the molecule is COc1cc(C)c(S(=O)(=O)N[C@@H](C)c2ccccc2C)c(C)c1. The van der Waals surface area contributed by atoms with Gasteiger partial charge in [0.25, 0.3) is 0 Å². The molecule has 5 heteroatoms. The quantitative estimate of drug-likeness (QED) is 0.908. The van der Waals surface area contributed by atoms with Gasteiger partial charge < -0.3 is 4.74 Å². The molecule has 0 saturated carbocycles. The summed E-state index contributed by atoms with van der Waals surface area (Å²) in [5.74, 6) is 0.658. The topological polar surface area (TPSA) is 55.4 Å². The van der Waals surface area contributed by atoms with E-state index in [0.717, 1.165) is 11.1 Å². The molecule has 0 radical (unpaired) electrons. The summed E-state index contributed by atoms with van der Waals surface area (Å²) in [5, 5.41) is 0. The monoisotopic (exact) mass is 333 g/mol. The minimum Gasteiger partial charge on any atom is -0.497 e. The van der Waals surface area contributed by atoms with Gasteiger partial charge in [-0.15, -0.1) is 0 Å². The lowest BCUT2D eigenvalue weighted by molar-refractivity contribution is 0.413. The largest absolute Gasteiger partial charge is 0.497 e. The first-order chi connectivity index (χ1) is 10.8. The minimum atomic E-state index is -3.62. The molecule has 1 atom stereocenters.